The highest BCUT2D eigenvalue weighted by Crippen LogP contribution is 2.31. The van der Waals surface area contributed by atoms with Gasteiger partial charge in [0, 0.05) is 22.6 Å². The Labute approximate surface area is 93.9 Å². The van der Waals surface area contributed by atoms with E-state index in [1.807, 2.05) is 6.07 Å². The van der Waals surface area contributed by atoms with E-state index in [1.54, 1.807) is 6.07 Å². The Balaban J connectivity index is 2.24. The molecule has 3 rings (SSSR count). The molecule has 1 aromatic carbocycles. The molecule has 0 bridgehead atoms. The lowest BCUT2D eigenvalue weighted by molar-refractivity contribution is 0.485. The minimum Gasteiger partial charge on any atom is -0.357 e. The Morgan fingerprint density at radius 2 is 2.31 bits per heavy atom. The Kier molecular flexibility index (Phi) is 2.21. The van der Waals surface area contributed by atoms with Crippen LogP contribution in [-0.4, -0.2) is 11.5 Å². The second kappa shape index (κ2) is 3.59. The zero-order chi connectivity index (χ0) is 11.1. The van der Waals surface area contributed by atoms with Gasteiger partial charge in [-0.15, -0.1) is 0 Å². The summed E-state index contributed by atoms with van der Waals surface area (Å²) in [4.78, 5) is 3.42. The first-order valence-corrected chi connectivity index (χ1v) is 5.83. The van der Waals surface area contributed by atoms with E-state index in [4.69, 9.17) is 0 Å². The summed E-state index contributed by atoms with van der Waals surface area (Å²) in [5, 5.41) is 4.53. The lowest BCUT2D eigenvalue weighted by atomic mass is 9.98. The van der Waals surface area contributed by atoms with Gasteiger partial charge in [-0.25, -0.2) is 4.39 Å². The number of aromatic amines is 1. The monoisotopic (exact) mass is 218 g/mol. The summed E-state index contributed by atoms with van der Waals surface area (Å²) < 4.78 is 13.2. The number of benzene rings is 1. The van der Waals surface area contributed by atoms with Crippen LogP contribution in [0.1, 0.15) is 30.6 Å². The molecule has 1 unspecified atom stereocenters. The van der Waals surface area contributed by atoms with Crippen molar-refractivity contribution >= 4 is 10.9 Å². The molecule has 84 valence electrons. The Hall–Kier alpha value is -1.35. The van der Waals surface area contributed by atoms with Gasteiger partial charge in [0.2, 0.25) is 0 Å². The summed E-state index contributed by atoms with van der Waals surface area (Å²) in [7, 11) is 0. The molecule has 0 amide bonds. The van der Waals surface area contributed by atoms with Crippen LogP contribution in [0.15, 0.2) is 18.2 Å². The molecule has 2 heterocycles. The molecule has 2 aromatic rings. The summed E-state index contributed by atoms with van der Waals surface area (Å²) in [5.74, 6) is -0.152. The number of H-pyrrole nitrogens is 1. The van der Waals surface area contributed by atoms with Crippen molar-refractivity contribution in [2.75, 3.05) is 6.54 Å². The lowest BCUT2D eigenvalue weighted by Gasteiger charge is -2.22. The zero-order valence-corrected chi connectivity index (χ0v) is 9.31. The number of aromatic nitrogens is 1. The minimum atomic E-state index is -0.152. The molecule has 0 radical (unpaired) electrons. The number of hydrogen-bond donors (Lipinski definition) is 2. The third kappa shape index (κ3) is 1.35. The van der Waals surface area contributed by atoms with Gasteiger partial charge >= 0.3 is 0 Å². The van der Waals surface area contributed by atoms with Crippen molar-refractivity contribution in [3.8, 4) is 0 Å². The molecule has 1 aliphatic rings. The molecule has 0 spiro atoms. The first kappa shape index (κ1) is 9.85. The molecule has 0 fully saturated rings. The summed E-state index contributed by atoms with van der Waals surface area (Å²) in [6.07, 6.45) is 2.04. The van der Waals surface area contributed by atoms with Gasteiger partial charge in [-0.1, -0.05) is 6.92 Å². The van der Waals surface area contributed by atoms with Crippen molar-refractivity contribution in [2.24, 2.45) is 0 Å². The highest BCUT2D eigenvalue weighted by Gasteiger charge is 2.22. The van der Waals surface area contributed by atoms with E-state index in [0.29, 0.717) is 6.04 Å². The summed E-state index contributed by atoms with van der Waals surface area (Å²) in [6, 6.07) is 5.37. The predicted octanol–water partition coefficient (Wildman–Crippen LogP) is 2.90. The van der Waals surface area contributed by atoms with E-state index in [0.717, 1.165) is 30.3 Å². The van der Waals surface area contributed by atoms with Crippen LogP contribution >= 0.6 is 0 Å². The predicted molar refractivity (Wildman–Crippen MR) is 63.0 cm³/mol. The molecule has 16 heavy (non-hydrogen) atoms. The van der Waals surface area contributed by atoms with Crippen LogP contribution in [0.4, 0.5) is 4.39 Å². The lowest BCUT2D eigenvalue weighted by Crippen LogP contribution is -2.29. The molecule has 1 aliphatic heterocycles. The van der Waals surface area contributed by atoms with E-state index in [2.05, 4.69) is 17.2 Å². The summed E-state index contributed by atoms with van der Waals surface area (Å²) in [6.45, 7) is 3.15. The van der Waals surface area contributed by atoms with Gasteiger partial charge in [-0.05, 0) is 43.1 Å². The van der Waals surface area contributed by atoms with E-state index in [-0.39, 0.29) is 5.82 Å². The number of hydrogen-bond acceptors (Lipinski definition) is 1. The normalized spacial score (nSPS) is 20.0. The molecule has 3 heteroatoms. The highest BCUT2D eigenvalue weighted by atomic mass is 19.1. The van der Waals surface area contributed by atoms with Gasteiger partial charge < -0.3 is 10.3 Å². The van der Waals surface area contributed by atoms with Crippen LogP contribution in [0.5, 0.6) is 0 Å². The third-order valence-corrected chi connectivity index (χ3v) is 3.42. The first-order valence-electron chi connectivity index (χ1n) is 5.83. The maximum absolute atomic E-state index is 13.2. The number of halogens is 1. The van der Waals surface area contributed by atoms with Gasteiger partial charge in [0.15, 0.2) is 0 Å². The largest absolute Gasteiger partial charge is 0.357 e. The number of rotatable bonds is 1. The van der Waals surface area contributed by atoms with Gasteiger partial charge in [-0.3, -0.25) is 0 Å². The molecule has 1 atom stereocenters. The van der Waals surface area contributed by atoms with Crippen molar-refractivity contribution in [2.45, 2.75) is 25.8 Å². The minimum absolute atomic E-state index is 0.152. The van der Waals surface area contributed by atoms with Crippen molar-refractivity contribution in [3.63, 3.8) is 0 Å². The molecule has 0 saturated heterocycles. The second-order valence-corrected chi connectivity index (χ2v) is 4.37. The SMILES string of the molecule is CCC1NCCc2c1[nH]c1ccc(F)cc21. The van der Waals surface area contributed by atoms with Crippen molar-refractivity contribution in [1.29, 1.82) is 0 Å². The quantitative estimate of drug-likeness (QED) is 0.756. The fourth-order valence-electron chi connectivity index (χ4n) is 2.63. The van der Waals surface area contributed by atoms with Crippen LogP contribution in [0.2, 0.25) is 0 Å². The van der Waals surface area contributed by atoms with E-state index in [1.165, 1.54) is 17.3 Å². The average Bonchev–Trinajstić information content (AvgIpc) is 2.67. The van der Waals surface area contributed by atoms with Crippen LogP contribution in [0.3, 0.4) is 0 Å². The van der Waals surface area contributed by atoms with Crippen LogP contribution < -0.4 is 5.32 Å². The summed E-state index contributed by atoms with van der Waals surface area (Å²) in [5.41, 5.74) is 3.59. The van der Waals surface area contributed by atoms with E-state index < -0.39 is 0 Å². The highest BCUT2D eigenvalue weighted by molar-refractivity contribution is 5.85. The van der Waals surface area contributed by atoms with Crippen LogP contribution in [0, 0.1) is 5.82 Å². The summed E-state index contributed by atoms with van der Waals surface area (Å²) >= 11 is 0. The van der Waals surface area contributed by atoms with Crippen LogP contribution in [0.25, 0.3) is 10.9 Å². The molecule has 2 nitrogen and oxygen atoms in total. The molecular formula is C13H15FN2. The molecule has 2 N–H and O–H groups in total. The number of fused-ring (bicyclic) bond motifs is 3. The average molecular weight is 218 g/mol. The van der Waals surface area contributed by atoms with Crippen molar-refractivity contribution in [3.05, 3.63) is 35.3 Å². The Morgan fingerprint density at radius 1 is 1.44 bits per heavy atom. The van der Waals surface area contributed by atoms with Gasteiger partial charge in [0.1, 0.15) is 5.82 Å². The first-order chi connectivity index (χ1) is 7.79. The Morgan fingerprint density at radius 3 is 3.12 bits per heavy atom. The smallest absolute Gasteiger partial charge is 0.123 e. The fraction of sp³-hybridized carbons (Fsp3) is 0.385. The van der Waals surface area contributed by atoms with Gasteiger partial charge in [0.25, 0.3) is 0 Å². The van der Waals surface area contributed by atoms with Crippen LogP contribution in [-0.2, 0) is 6.42 Å². The van der Waals surface area contributed by atoms with Crippen molar-refractivity contribution < 1.29 is 4.39 Å². The molecule has 1 aromatic heterocycles. The van der Waals surface area contributed by atoms with Gasteiger partial charge in [-0.2, -0.15) is 0 Å². The fourth-order valence-corrected chi connectivity index (χ4v) is 2.63. The van der Waals surface area contributed by atoms with E-state index >= 15 is 0 Å². The molecule has 0 aliphatic carbocycles. The topological polar surface area (TPSA) is 27.8 Å². The number of nitrogens with one attached hydrogen (secondary N) is 2. The standard InChI is InChI=1S/C13H15FN2/c1-2-11-13-9(5-6-15-11)10-7-8(14)3-4-12(10)16-13/h3-4,7,11,15-16H,2,5-6H2,1H3. The maximum Gasteiger partial charge on any atom is 0.123 e. The van der Waals surface area contributed by atoms with Gasteiger partial charge in [0.05, 0.1) is 0 Å². The molecular weight excluding hydrogens is 203 g/mol. The van der Waals surface area contributed by atoms with E-state index in [9.17, 15) is 4.39 Å². The maximum atomic E-state index is 13.2. The second-order valence-electron chi connectivity index (χ2n) is 4.37. The zero-order valence-electron chi connectivity index (χ0n) is 9.31. The molecule has 0 saturated carbocycles. The Bertz CT molecular complexity index is 530. The third-order valence-electron chi connectivity index (χ3n) is 3.42. The van der Waals surface area contributed by atoms with Crippen molar-refractivity contribution in [1.82, 2.24) is 10.3 Å².